The van der Waals surface area contributed by atoms with E-state index in [9.17, 15) is 14.4 Å². The number of carboxylic acids is 1. The summed E-state index contributed by atoms with van der Waals surface area (Å²) >= 11 is 1.32. The van der Waals surface area contributed by atoms with Crippen molar-refractivity contribution in [2.24, 2.45) is 0 Å². The number of carboxylic acid groups (broad SMARTS) is 1. The second-order valence-corrected chi connectivity index (χ2v) is 7.66. The second kappa shape index (κ2) is 9.41. The monoisotopic (exact) mass is 398 g/mol. The molecule has 0 unspecified atom stereocenters. The molecule has 1 saturated heterocycles. The minimum Gasteiger partial charge on any atom is -0.476 e. The Hall–Kier alpha value is -2.80. The smallest absolute Gasteiger partial charge is 0.355 e. The molecule has 1 aliphatic rings. The first-order valence-electron chi connectivity index (χ1n) is 9.25. The Kier molecular flexibility index (Phi) is 6.71. The molecule has 0 radical (unpaired) electrons. The first-order chi connectivity index (χ1) is 13.5. The number of amides is 1. The lowest BCUT2D eigenvalue weighted by Gasteiger charge is -2.22. The summed E-state index contributed by atoms with van der Waals surface area (Å²) in [5, 5.41) is 11.2. The van der Waals surface area contributed by atoms with Gasteiger partial charge in [-0.2, -0.15) is 0 Å². The third-order valence-corrected chi connectivity index (χ3v) is 5.57. The van der Waals surface area contributed by atoms with Crippen LogP contribution < -0.4 is 0 Å². The fraction of sp³-hybridized carbons (Fsp3) is 0.333. The van der Waals surface area contributed by atoms with Gasteiger partial charge in [0.1, 0.15) is 0 Å². The average molecular weight is 398 g/mol. The van der Waals surface area contributed by atoms with Crippen molar-refractivity contribution in [1.29, 1.82) is 0 Å². The number of hydrogen-bond acceptors (Lipinski definition) is 5. The molecule has 0 bridgehead atoms. The summed E-state index contributed by atoms with van der Waals surface area (Å²) in [6.45, 7) is 0.572. The van der Waals surface area contributed by atoms with E-state index in [1.54, 1.807) is 11.0 Å². The van der Waals surface area contributed by atoms with Gasteiger partial charge in [-0.1, -0.05) is 36.4 Å². The Morgan fingerprint density at radius 1 is 1.29 bits per heavy atom. The maximum Gasteiger partial charge on any atom is 0.355 e. The standard InChI is InChI=1S/C21H22N2O4S/c24-17(13-15-5-2-1-3-6-15)10-8-16-9-11-20(25)23(16)12-4-7-19-22-18(14-28-19)21(26)27/h1-3,5-6,8,10,14,16H,4,7,9,11-13H2,(H,26,27)/t16-/m0/s1. The maximum atomic E-state index is 12.2. The summed E-state index contributed by atoms with van der Waals surface area (Å²) in [5.74, 6) is -0.910. The number of carbonyl (C=O) groups is 3. The molecule has 0 spiro atoms. The fourth-order valence-electron chi connectivity index (χ4n) is 3.25. The van der Waals surface area contributed by atoms with Crippen molar-refractivity contribution in [3.05, 3.63) is 64.1 Å². The molecule has 0 aliphatic carbocycles. The lowest BCUT2D eigenvalue weighted by Crippen LogP contribution is -2.33. The molecule has 1 N–H and O–H groups in total. The van der Waals surface area contributed by atoms with Crippen LogP contribution in [-0.4, -0.2) is 45.2 Å². The molecule has 6 nitrogen and oxygen atoms in total. The van der Waals surface area contributed by atoms with E-state index in [2.05, 4.69) is 4.98 Å². The largest absolute Gasteiger partial charge is 0.476 e. The Morgan fingerprint density at radius 2 is 2.07 bits per heavy atom. The maximum absolute atomic E-state index is 12.2. The lowest BCUT2D eigenvalue weighted by atomic mass is 10.1. The lowest BCUT2D eigenvalue weighted by molar-refractivity contribution is -0.128. The Bertz CT molecular complexity index is 876. The molecule has 3 rings (SSSR count). The van der Waals surface area contributed by atoms with Crippen molar-refractivity contribution in [2.45, 2.75) is 38.1 Å². The summed E-state index contributed by atoms with van der Waals surface area (Å²) in [6.07, 6.45) is 6.32. The zero-order chi connectivity index (χ0) is 19.9. The van der Waals surface area contributed by atoms with Crippen molar-refractivity contribution >= 4 is 29.0 Å². The minimum absolute atomic E-state index is 0.0227. The predicted molar refractivity (Wildman–Crippen MR) is 106 cm³/mol. The van der Waals surface area contributed by atoms with Gasteiger partial charge < -0.3 is 10.0 Å². The van der Waals surface area contributed by atoms with Crippen molar-refractivity contribution in [2.75, 3.05) is 6.54 Å². The Balaban J connectivity index is 1.50. The van der Waals surface area contributed by atoms with E-state index in [0.717, 1.165) is 10.6 Å². The van der Waals surface area contributed by atoms with E-state index in [-0.39, 0.29) is 23.4 Å². The number of aromatic nitrogens is 1. The summed E-state index contributed by atoms with van der Waals surface area (Å²) < 4.78 is 0. The highest BCUT2D eigenvalue weighted by molar-refractivity contribution is 7.09. The number of aryl methyl sites for hydroxylation is 1. The van der Waals surface area contributed by atoms with Gasteiger partial charge in [0, 0.05) is 31.2 Å². The van der Waals surface area contributed by atoms with Gasteiger partial charge in [0.25, 0.3) is 0 Å². The molecule has 1 fully saturated rings. The molecule has 2 heterocycles. The molecule has 1 aromatic carbocycles. The van der Waals surface area contributed by atoms with Crippen LogP contribution in [0.4, 0.5) is 0 Å². The third-order valence-electron chi connectivity index (χ3n) is 4.66. The molecule has 1 aliphatic heterocycles. The van der Waals surface area contributed by atoms with Gasteiger partial charge in [0.2, 0.25) is 5.91 Å². The Labute approximate surface area is 167 Å². The van der Waals surface area contributed by atoms with Crippen LogP contribution in [0, 0.1) is 0 Å². The molecule has 28 heavy (non-hydrogen) atoms. The van der Waals surface area contributed by atoms with Crippen LogP contribution in [0.1, 0.15) is 40.3 Å². The molecule has 1 amide bonds. The van der Waals surface area contributed by atoms with E-state index < -0.39 is 5.97 Å². The van der Waals surface area contributed by atoms with Gasteiger partial charge in [-0.15, -0.1) is 11.3 Å². The van der Waals surface area contributed by atoms with Gasteiger partial charge in [0.15, 0.2) is 11.5 Å². The molecule has 1 atom stereocenters. The van der Waals surface area contributed by atoms with Crippen LogP contribution in [0.3, 0.4) is 0 Å². The van der Waals surface area contributed by atoms with Crippen LogP contribution in [-0.2, 0) is 22.4 Å². The SMILES string of the molecule is O=C(C=C[C@H]1CCC(=O)N1CCCc1nc(C(=O)O)cs1)Cc1ccccc1. The van der Waals surface area contributed by atoms with Crippen LogP contribution in [0.5, 0.6) is 0 Å². The van der Waals surface area contributed by atoms with Gasteiger partial charge in [-0.3, -0.25) is 9.59 Å². The molecule has 146 valence electrons. The van der Waals surface area contributed by atoms with Gasteiger partial charge >= 0.3 is 5.97 Å². The number of ketones is 1. The fourth-order valence-corrected chi connectivity index (χ4v) is 4.06. The van der Waals surface area contributed by atoms with E-state index in [1.165, 1.54) is 16.7 Å². The highest BCUT2D eigenvalue weighted by Crippen LogP contribution is 2.21. The number of nitrogens with zero attached hydrogens (tertiary/aromatic N) is 2. The number of thiazole rings is 1. The predicted octanol–water partition coefficient (Wildman–Crippen LogP) is 3.13. The van der Waals surface area contributed by atoms with E-state index in [0.29, 0.717) is 38.6 Å². The van der Waals surface area contributed by atoms with Gasteiger partial charge in [-0.05, 0) is 24.5 Å². The number of allylic oxidation sites excluding steroid dienone is 1. The number of carbonyl (C=O) groups excluding carboxylic acids is 2. The van der Waals surface area contributed by atoms with Crippen LogP contribution in [0.15, 0.2) is 47.9 Å². The Morgan fingerprint density at radius 3 is 2.79 bits per heavy atom. The first-order valence-corrected chi connectivity index (χ1v) is 10.1. The van der Waals surface area contributed by atoms with E-state index in [1.807, 2.05) is 36.4 Å². The van der Waals surface area contributed by atoms with Crippen LogP contribution >= 0.6 is 11.3 Å². The van der Waals surface area contributed by atoms with Crippen molar-refractivity contribution in [3.63, 3.8) is 0 Å². The molecular weight excluding hydrogens is 376 g/mol. The number of aromatic carboxylic acids is 1. The average Bonchev–Trinajstić information content (AvgIpc) is 3.29. The normalized spacial score (nSPS) is 16.8. The first kappa shape index (κ1) is 19.9. The van der Waals surface area contributed by atoms with Crippen molar-refractivity contribution < 1.29 is 19.5 Å². The van der Waals surface area contributed by atoms with Crippen molar-refractivity contribution in [1.82, 2.24) is 9.88 Å². The van der Waals surface area contributed by atoms with Crippen LogP contribution in [0.25, 0.3) is 0 Å². The zero-order valence-corrected chi connectivity index (χ0v) is 16.2. The molecule has 7 heteroatoms. The highest BCUT2D eigenvalue weighted by Gasteiger charge is 2.28. The van der Waals surface area contributed by atoms with E-state index in [4.69, 9.17) is 5.11 Å². The highest BCUT2D eigenvalue weighted by atomic mass is 32.1. The van der Waals surface area contributed by atoms with Gasteiger partial charge in [0.05, 0.1) is 11.0 Å². The quantitative estimate of drug-likeness (QED) is 0.656. The molecule has 0 saturated carbocycles. The number of likely N-dealkylation sites (tertiary alicyclic amines) is 1. The van der Waals surface area contributed by atoms with Crippen molar-refractivity contribution in [3.8, 4) is 0 Å². The van der Waals surface area contributed by atoms with E-state index >= 15 is 0 Å². The molecular formula is C21H22N2O4S. The zero-order valence-electron chi connectivity index (χ0n) is 15.4. The van der Waals surface area contributed by atoms with Gasteiger partial charge in [-0.25, -0.2) is 9.78 Å². The minimum atomic E-state index is -1.03. The summed E-state index contributed by atoms with van der Waals surface area (Å²) in [7, 11) is 0. The third kappa shape index (κ3) is 5.36. The summed E-state index contributed by atoms with van der Waals surface area (Å²) in [6, 6.07) is 9.52. The number of hydrogen-bond donors (Lipinski definition) is 1. The molecule has 1 aromatic heterocycles. The number of rotatable bonds is 9. The second-order valence-electron chi connectivity index (χ2n) is 6.72. The van der Waals surface area contributed by atoms with Crippen LogP contribution in [0.2, 0.25) is 0 Å². The topological polar surface area (TPSA) is 87.6 Å². The number of benzene rings is 1. The summed E-state index contributed by atoms with van der Waals surface area (Å²) in [5.41, 5.74) is 1.04. The molecule has 2 aromatic rings. The summed E-state index contributed by atoms with van der Waals surface area (Å²) in [4.78, 5) is 41.1.